The summed E-state index contributed by atoms with van der Waals surface area (Å²) in [5, 5.41) is 4.66. The highest BCUT2D eigenvalue weighted by molar-refractivity contribution is 6.30. The monoisotopic (exact) mass is 378 g/mol. The zero-order chi connectivity index (χ0) is 19.3. The molecule has 2 N–H and O–H groups in total. The second-order valence-corrected chi connectivity index (χ2v) is 5.96. The highest BCUT2D eigenvalue weighted by Gasteiger charge is 2.16. The number of aryl methyl sites for hydroxylation is 2. The second kappa shape index (κ2) is 8.44. The number of amides is 3. The quantitative estimate of drug-likeness (QED) is 0.796. The van der Waals surface area contributed by atoms with E-state index in [-0.39, 0.29) is 10.6 Å². The first-order chi connectivity index (χ1) is 12.3. The van der Waals surface area contributed by atoms with E-state index in [0.717, 1.165) is 23.3 Å². The number of imide groups is 1. The summed E-state index contributed by atoms with van der Waals surface area (Å²) in [6, 6.07) is 8.04. The van der Waals surface area contributed by atoms with Crippen LogP contribution in [0.15, 0.2) is 36.4 Å². The van der Waals surface area contributed by atoms with Gasteiger partial charge in [0.05, 0.1) is 5.56 Å². The molecule has 0 aliphatic rings. The van der Waals surface area contributed by atoms with Gasteiger partial charge in [-0.3, -0.25) is 10.1 Å². The SMILES string of the molecule is Cc1ccc(NC(=O)NC(=O)COC(=O)c2ccc(Cl)cc2F)c(C)c1. The van der Waals surface area contributed by atoms with Gasteiger partial charge in [0, 0.05) is 10.7 Å². The number of rotatable bonds is 4. The summed E-state index contributed by atoms with van der Waals surface area (Å²) in [6.45, 7) is 2.99. The van der Waals surface area contributed by atoms with Crippen LogP contribution in [0.5, 0.6) is 0 Å². The van der Waals surface area contributed by atoms with Gasteiger partial charge in [0.15, 0.2) is 6.61 Å². The Morgan fingerprint density at radius 1 is 1.12 bits per heavy atom. The number of hydrogen-bond acceptors (Lipinski definition) is 4. The van der Waals surface area contributed by atoms with Gasteiger partial charge in [0.25, 0.3) is 5.91 Å². The molecule has 2 aromatic carbocycles. The van der Waals surface area contributed by atoms with Crippen molar-refractivity contribution in [1.29, 1.82) is 0 Å². The molecule has 0 aromatic heterocycles. The molecule has 2 rings (SSSR count). The van der Waals surface area contributed by atoms with Crippen molar-refractivity contribution in [1.82, 2.24) is 5.32 Å². The first-order valence-corrected chi connectivity index (χ1v) is 7.94. The zero-order valence-electron chi connectivity index (χ0n) is 14.1. The van der Waals surface area contributed by atoms with E-state index in [1.807, 2.05) is 31.3 Å². The fourth-order valence-electron chi connectivity index (χ4n) is 2.13. The highest BCUT2D eigenvalue weighted by atomic mass is 35.5. The van der Waals surface area contributed by atoms with E-state index in [9.17, 15) is 18.8 Å². The molecule has 0 saturated carbocycles. The predicted molar refractivity (Wildman–Crippen MR) is 94.8 cm³/mol. The van der Waals surface area contributed by atoms with Crippen molar-refractivity contribution in [3.05, 3.63) is 63.9 Å². The van der Waals surface area contributed by atoms with Crippen LogP contribution in [0.4, 0.5) is 14.9 Å². The number of urea groups is 1. The lowest BCUT2D eigenvalue weighted by molar-refractivity contribution is -0.123. The van der Waals surface area contributed by atoms with Crippen LogP contribution in [0.2, 0.25) is 5.02 Å². The van der Waals surface area contributed by atoms with Crippen LogP contribution < -0.4 is 10.6 Å². The van der Waals surface area contributed by atoms with Crippen molar-refractivity contribution in [3.63, 3.8) is 0 Å². The third-order valence-corrected chi connectivity index (χ3v) is 3.60. The normalized spacial score (nSPS) is 10.2. The molecule has 0 radical (unpaired) electrons. The van der Waals surface area contributed by atoms with Gasteiger partial charge in [-0.15, -0.1) is 0 Å². The van der Waals surface area contributed by atoms with Crippen molar-refractivity contribution in [2.24, 2.45) is 0 Å². The number of nitrogens with one attached hydrogen (secondary N) is 2. The standard InChI is InChI=1S/C18H16ClFN2O4/c1-10-3-6-15(11(2)7-10)21-18(25)22-16(23)9-26-17(24)13-5-4-12(19)8-14(13)20/h3-8H,9H2,1-2H3,(H2,21,22,23,25). The van der Waals surface area contributed by atoms with E-state index < -0.39 is 30.3 Å². The minimum Gasteiger partial charge on any atom is -0.452 e. The second-order valence-electron chi connectivity index (χ2n) is 5.52. The third-order valence-electron chi connectivity index (χ3n) is 3.37. The van der Waals surface area contributed by atoms with Crippen LogP contribution in [0, 0.1) is 19.7 Å². The Balaban J connectivity index is 1.86. The number of halogens is 2. The maximum Gasteiger partial charge on any atom is 0.341 e. The molecule has 0 heterocycles. The average molecular weight is 379 g/mol. The van der Waals surface area contributed by atoms with Gasteiger partial charge in [-0.1, -0.05) is 29.3 Å². The molecule has 0 saturated heterocycles. The summed E-state index contributed by atoms with van der Waals surface area (Å²) >= 11 is 5.59. The fraction of sp³-hybridized carbons (Fsp3) is 0.167. The highest BCUT2D eigenvalue weighted by Crippen LogP contribution is 2.16. The average Bonchev–Trinajstić information content (AvgIpc) is 2.55. The summed E-state index contributed by atoms with van der Waals surface area (Å²) in [4.78, 5) is 35.3. The molecule has 8 heteroatoms. The summed E-state index contributed by atoms with van der Waals surface area (Å²) in [6.07, 6.45) is 0. The van der Waals surface area contributed by atoms with Gasteiger partial charge in [0.1, 0.15) is 5.82 Å². The minimum atomic E-state index is -1.04. The van der Waals surface area contributed by atoms with Gasteiger partial charge >= 0.3 is 12.0 Å². The van der Waals surface area contributed by atoms with Gasteiger partial charge in [0.2, 0.25) is 0 Å². The van der Waals surface area contributed by atoms with E-state index >= 15 is 0 Å². The molecule has 26 heavy (non-hydrogen) atoms. The van der Waals surface area contributed by atoms with Crippen molar-refractivity contribution in [2.45, 2.75) is 13.8 Å². The summed E-state index contributed by atoms with van der Waals surface area (Å²) < 4.78 is 18.3. The van der Waals surface area contributed by atoms with Crippen LogP contribution in [-0.2, 0) is 9.53 Å². The summed E-state index contributed by atoms with van der Waals surface area (Å²) in [5.41, 5.74) is 2.05. The molecule has 0 spiro atoms. The topological polar surface area (TPSA) is 84.5 Å². The van der Waals surface area contributed by atoms with Crippen LogP contribution in [-0.4, -0.2) is 24.5 Å². The van der Waals surface area contributed by atoms with Gasteiger partial charge in [-0.05, 0) is 43.7 Å². The third kappa shape index (κ3) is 5.29. The number of carbonyl (C=O) groups excluding carboxylic acids is 3. The Hall–Kier alpha value is -2.93. The first-order valence-electron chi connectivity index (χ1n) is 7.56. The van der Waals surface area contributed by atoms with E-state index in [4.69, 9.17) is 11.6 Å². The van der Waals surface area contributed by atoms with Crippen LogP contribution in [0.3, 0.4) is 0 Å². The van der Waals surface area contributed by atoms with Crippen molar-refractivity contribution < 1.29 is 23.5 Å². The van der Waals surface area contributed by atoms with Crippen LogP contribution in [0.25, 0.3) is 0 Å². The van der Waals surface area contributed by atoms with Crippen LogP contribution >= 0.6 is 11.6 Å². The number of hydrogen-bond donors (Lipinski definition) is 2. The predicted octanol–water partition coefficient (Wildman–Crippen LogP) is 3.60. The molecule has 6 nitrogen and oxygen atoms in total. The number of anilines is 1. The van der Waals surface area contributed by atoms with E-state index in [2.05, 4.69) is 10.1 Å². The number of ether oxygens (including phenoxy) is 1. The number of carbonyl (C=O) groups is 3. The van der Waals surface area contributed by atoms with E-state index in [1.54, 1.807) is 6.07 Å². The van der Waals surface area contributed by atoms with Gasteiger partial charge in [-0.25, -0.2) is 14.0 Å². The molecular weight excluding hydrogens is 363 g/mol. The van der Waals surface area contributed by atoms with E-state index in [1.165, 1.54) is 6.07 Å². The maximum atomic E-state index is 13.6. The largest absolute Gasteiger partial charge is 0.452 e. The minimum absolute atomic E-state index is 0.125. The molecule has 3 amide bonds. The summed E-state index contributed by atoms with van der Waals surface area (Å²) in [7, 11) is 0. The van der Waals surface area contributed by atoms with E-state index in [0.29, 0.717) is 5.69 Å². The van der Waals surface area contributed by atoms with Crippen molar-refractivity contribution in [3.8, 4) is 0 Å². The Morgan fingerprint density at radius 2 is 1.85 bits per heavy atom. The Bertz CT molecular complexity index is 870. The Labute approximate surface area is 154 Å². The molecule has 0 unspecified atom stereocenters. The lowest BCUT2D eigenvalue weighted by Crippen LogP contribution is -2.37. The zero-order valence-corrected chi connectivity index (χ0v) is 14.8. The molecule has 0 fully saturated rings. The van der Waals surface area contributed by atoms with Crippen molar-refractivity contribution in [2.75, 3.05) is 11.9 Å². The van der Waals surface area contributed by atoms with Gasteiger partial charge < -0.3 is 10.1 Å². The molecule has 136 valence electrons. The van der Waals surface area contributed by atoms with Gasteiger partial charge in [-0.2, -0.15) is 0 Å². The molecular formula is C18H16ClFN2O4. The number of esters is 1. The molecule has 0 aliphatic heterocycles. The molecule has 0 atom stereocenters. The lowest BCUT2D eigenvalue weighted by atomic mass is 10.1. The fourth-order valence-corrected chi connectivity index (χ4v) is 2.29. The molecule has 0 bridgehead atoms. The molecule has 0 aliphatic carbocycles. The Morgan fingerprint density at radius 3 is 2.50 bits per heavy atom. The smallest absolute Gasteiger partial charge is 0.341 e. The van der Waals surface area contributed by atoms with Crippen LogP contribution in [0.1, 0.15) is 21.5 Å². The lowest BCUT2D eigenvalue weighted by Gasteiger charge is -2.10. The Kier molecular flexibility index (Phi) is 6.30. The maximum absolute atomic E-state index is 13.6. The molecule has 2 aromatic rings. The first kappa shape index (κ1) is 19.4. The summed E-state index contributed by atoms with van der Waals surface area (Å²) in [5.74, 6) is -2.76. The number of benzene rings is 2. The van der Waals surface area contributed by atoms with Crippen molar-refractivity contribution >= 4 is 35.2 Å².